The predicted molar refractivity (Wildman–Crippen MR) is 71.9 cm³/mol. The minimum atomic E-state index is -0.507. The molecule has 0 radical (unpaired) electrons. The van der Waals surface area contributed by atoms with Crippen LogP contribution < -0.4 is 11.1 Å². The Bertz CT molecular complexity index is 393. The van der Waals surface area contributed by atoms with Crippen molar-refractivity contribution in [2.45, 2.75) is 40.2 Å². The normalized spacial score (nSPS) is 13.2. The second-order valence-electron chi connectivity index (χ2n) is 5.34. The minimum absolute atomic E-state index is 0.126. The molecule has 0 heterocycles. The first-order valence-electron chi connectivity index (χ1n) is 6.00. The minimum Gasteiger partial charge on any atom is -0.324 e. The molecule has 1 aromatic rings. The second-order valence-corrected chi connectivity index (χ2v) is 5.34. The first-order valence-corrected chi connectivity index (χ1v) is 6.00. The topological polar surface area (TPSA) is 55.1 Å². The molecule has 0 aliphatic heterocycles. The van der Waals surface area contributed by atoms with Crippen LogP contribution in [0.5, 0.6) is 0 Å². The number of amides is 1. The molecule has 1 aromatic carbocycles. The number of nitrogens with one attached hydrogen (secondary N) is 1. The van der Waals surface area contributed by atoms with Gasteiger partial charge in [0, 0.05) is 5.69 Å². The van der Waals surface area contributed by atoms with Crippen molar-refractivity contribution in [2.24, 2.45) is 11.1 Å². The molecular weight excluding hydrogens is 212 g/mol. The number of carbonyl (C=O) groups is 1. The lowest BCUT2D eigenvalue weighted by Crippen LogP contribution is -2.45. The summed E-state index contributed by atoms with van der Waals surface area (Å²) in [6, 6.07) is 7.30. The van der Waals surface area contributed by atoms with Gasteiger partial charge < -0.3 is 11.1 Å². The molecule has 1 rings (SSSR count). The third-order valence-electron chi connectivity index (χ3n) is 2.87. The van der Waals surface area contributed by atoms with E-state index in [4.69, 9.17) is 5.73 Å². The summed E-state index contributed by atoms with van der Waals surface area (Å²) >= 11 is 0. The summed E-state index contributed by atoms with van der Waals surface area (Å²) in [6.07, 6.45) is 0.890. The SMILES string of the molecule is CCc1ccccc1NC(=O)[C@@H](N)C(C)(C)C. The van der Waals surface area contributed by atoms with E-state index in [9.17, 15) is 4.79 Å². The monoisotopic (exact) mass is 234 g/mol. The van der Waals surface area contributed by atoms with E-state index in [0.29, 0.717) is 0 Å². The van der Waals surface area contributed by atoms with E-state index in [0.717, 1.165) is 17.7 Å². The molecule has 94 valence electrons. The largest absolute Gasteiger partial charge is 0.324 e. The lowest BCUT2D eigenvalue weighted by Gasteiger charge is -2.26. The smallest absolute Gasteiger partial charge is 0.241 e. The lowest BCUT2D eigenvalue weighted by atomic mass is 9.87. The van der Waals surface area contributed by atoms with Gasteiger partial charge in [0.15, 0.2) is 0 Å². The number of aryl methyl sites for hydroxylation is 1. The van der Waals surface area contributed by atoms with Crippen LogP contribution in [-0.4, -0.2) is 11.9 Å². The molecule has 0 saturated carbocycles. The average Bonchev–Trinajstić information content (AvgIpc) is 2.27. The number of anilines is 1. The molecule has 3 N–H and O–H groups in total. The van der Waals surface area contributed by atoms with Gasteiger partial charge in [0.2, 0.25) is 5.91 Å². The number of rotatable bonds is 3. The second kappa shape index (κ2) is 5.32. The summed E-state index contributed by atoms with van der Waals surface area (Å²) in [7, 11) is 0. The van der Waals surface area contributed by atoms with Crippen LogP contribution in [0.25, 0.3) is 0 Å². The first kappa shape index (κ1) is 13.7. The summed E-state index contributed by atoms with van der Waals surface area (Å²) in [5.41, 5.74) is 7.68. The fourth-order valence-electron chi connectivity index (χ4n) is 1.55. The van der Waals surface area contributed by atoms with Crippen LogP contribution in [0, 0.1) is 5.41 Å². The van der Waals surface area contributed by atoms with Gasteiger partial charge in [-0.2, -0.15) is 0 Å². The summed E-state index contributed by atoms with van der Waals surface area (Å²) < 4.78 is 0. The molecule has 0 saturated heterocycles. The van der Waals surface area contributed by atoms with E-state index in [1.807, 2.05) is 45.0 Å². The van der Waals surface area contributed by atoms with Gasteiger partial charge in [-0.25, -0.2) is 0 Å². The zero-order valence-corrected chi connectivity index (χ0v) is 11.1. The molecular formula is C14H22N2O. The van der Waals surface area contributed by atoms with Gasteiger partial charge in [-0.15, -0.1) is 0 Å². The van der Waals surface area contributed by atoms with E-state index in [1.54, 1.807) is 0 Å². The van der Waals surface area contributed by atoms with Gasteiger partial charge in [0.25, 0.3) is 0 Å². The van der Waals surface area contributed by atoms with Crippen molar-refractivity contribution in [1.29, 1.82) is 0 Å². The third-order valence-corrected chi connectivity index (χ3v) is 2.87. The quantitative estimate of drug-likeness (QED) is 0.844. The maximum Gasteiger partial charge on any atom is 0.241 e. The van der Waals surface area contributed by atoms with Crippen LogP contribution in [0.4, 0.5) is 5.69 Å². The highest BCUT2D eigenvalue weighted by Gasteiger charge is 2.27. The number of carbonyl (C=O) groups excluding carboxylic acids is 1. The van der Waals surface area contributed by atoms with Gasteiger partial charge in [0.1, 0.15) is 0 Å². The highest BCUT2D eigenvalue weighted by molar-refractivity contribution is 5.95. The van der Waals surface area contributed by atoms with Crippen molar-refractivity contribution >= 4 is 11.6 Å². The fraction of sp³-hybridized carbons (Fsp3) is 0.500. The summed E-state index contributed by atoms with van der Waals surface area (Å²) in [6.45, 7) is 7.95. The van der Waals surface area contributed by atoms with Crippen molar-refractivity contribution in [3.8, 4) is 0 Å². The van der Waals surface area contributed by atoms with Crippen molar-refractivity contribution in [1.82, 2.24) is 0 Å². The van der Waals surface area contributed by atoms with Crippen molar-refractivity contribution in [3.63, 3.8) is 0 Å². The van der Waals surface area contributed by atoms with E-state index in [2.05, 4.69) is 12.2 Å². The Kier molecular flexibility index (Phi) is 4.29. The molecule has 3 nitrogen and oxygen atoms in total. The maximum absolute atomic E-state index is 12.0. The highest BCUT2D eigenvalue weighted by Crippen LogP contribution is 2.20. The van der Waals surface area contributed by atoms with Crippen molar-refractivity contribution in [3.05, 3.63) is 29.8 Å². The molecule has 0 unspecified atom stereocenters. The van der Waals surface area contributed by atoms with Gasteiger partial charge in [0.05, 0.1) is 6.04 Å². The zero-order valence-electron chi connectivity index (χ0n) is 11.1. The Labute approximate surface area is 103 Å². The van der Waals surface area contributed by atoms with E-state index in [-0.39, 0.29) is 11.3 Å². The third kappa shape index (κ3) is 3.56. The summed E-state index contributed by atoms with van der Waals surface area (Å²) in [5.74, 6) is -0.126. The molecule has 0 aromatic heterocycles. The molecule has 1 atom stereocenters. The molecule has 17 heavy (non-hydrogen) atoms. The van der Waals surface area contributed by atoms with Crippen LogP contribution in [0.3, 0.4) is 0 Å². The Morgan fingerprint density at radius 3 is 2.47 bits per heavy atom. The van der Waals surface area contributed by atoms with E-state index in [1.165, 1.54) is 0 Å². The molecule has 0 bridgehead atoms. The molecule has 3 heteroatoms. The van der Waals surface area contributed by atoms with E-state index >= 15 is 0 Å². The summed E-state index contributed by atoms with van der Waals surface area (Å²) in [5, 5.41) is 2.90. The molecule has 0 aliphatic rings. The van der Waals surface area contributed by atoms with Gasteiger partial charge in [-0.05, 0) is 23.5 Å². The Morgan fingerprint density at radius 2 is 1.94 bits per heavy atom. The Balaban J connectivity index is 2.81. The highest BCUT2D eigenvalue weighted by atomic mass is 16.2. The summed E-state index contributed by atoms with van der Waals surface area (Å²) in [4.78, 5) is 12.0. The number of nitrogens with two attached hydrogens (primary N) is 1. The number of hydrogen-bond acceptors (Lipinski definition) is 2. The first-order chi connectivity index (χ1) is 7.86. The van der Waals surface area contributed by atoms with Crippen LogP contribution >= 0.6 is 0 Å². The zero-order chi connectivity index (χ0) is 13.1. The average molecular weight is 234 g/mol. The van der Waals surface area contributed by atoms with Crippen molar-refractivity contribution in [2.75, 3.05) is 5.32 Å². The maximum atomic E-state index is 12.0. The van der Waals surface area contributed by atoms with Crippen LogP contribution in [0.2, 0.25) is 0 Å². The van der Waals surface area contributed by atoms with Crippen LogP contribution in [0.15, 0.2) is 24.3 Å². The van der Waals surface area contributed by atoms with Crippen LogP contribution in [-0.2, 0) is 11.2 Å². The van der Waals surface area contributed by atoms with Crippen molar-refractivity contribution < 1.29 is 4.79 Å². The van der Waals surface area contributed by atoms with Crippen LogP contribution in [0.1, 0.15) is 33.3 Å². The molecule has 0 spiro atoms. The number of benzene rings is 1. The molecule has 0 aliphatic carbocycles. The molecule has 1 amide bonds. The predicted octanol–water partition coefficient (Wildman–Crippen LogP) is 2.56. The number of hydrogen-bond donors (Lipinski definition) is 2. The van der Waals surface area contributed by atoms with Gasteiger partial charge in [-0.3, -0.25) is 4.79 Å². The Morgan fingerprint density at radius 1 is 1.35 bits per heavy atom. The van der Waals surface area contributed by atoms with Gasteiger partial charge >= 0.3 is 0 Å². The van der Waals surface area contributed by atoms with E-state index < -0.39 is 6.04 Å². The number of para-hydroxylation sites is 1. The standard InChI is InChI=1S/C14H22N2O/c1-5-10-8-6-7-9-11(10)16-13(17)12(15)14(2,3)4/h6-9,12H,5,15H2,1-4H3,(H,16,17)/t12-/m1/s1. The Hall–Kier alpha value is -1.35. The fourth-order valence-corrected chi connectivity index (χ4v) is 1.55. The molecule has 0 fully saturated rings. The van der Waals surface area contributed by atoms with Gasteiger partial charge in [-0.1, -0.05) is 45.9 Å². The lowest BCUT2D eigenvalue weighted by molar-refractivity contribution is -0.119.